The van der Waals surface area contributed by atoms with Gasteiger partial charge in [0.2, 0.25) is 5.95 Å². The average Bonchev–Trinajstić information content (AvgIpc) is 2.38. The minimum absolute atomic E-state index is 0.152. The van der Waals surface area contributed by atoms with Crippen LogP contribution in [0.3, 0.4) is 0 Å². The van der Waals surface area contributed by atoms with E-state index in [1.807, 2.05) is 31.2 Å². The Morgan fingerprint density at radius 3 is 2.53 bits per heavy atom. The van der Waals surface area contributed by atoms with Crippen molar-refractivity contribution >= 4 is 12.2 Å². The molecule has 1 heterocycles. The average molecular weight is 256 g/mol. The first-order valence-corrected chi connectivity index (χ1v) is 5.99. The third-order valence-corrected chi connectivity index (χ3v) is 2.86. The lowest BCUT2D eigenvalue weighted by molar-refractivity contribution is 1.01. The van der Waals surface area contributed by atoms with Gasteiger partial charge in [0, 0.05) is 11.3 Å². The second-order valence-electron chi connectivity index (χ2n) is 4.41. The first kappa shape index (κ1) is 13.0. The molecule has 1 aromatic carbocycles. The Labute approximate surface area is 111 Å². The van der Waals surface area contributed by atoms with Crippen molar-refractivity contribution in [3.8, 4) is 0 Å². The van der Waals surface area contributed by atoms with Crippen LogP contribution in [0.4, 0.5) is 5.95 Å². The predicted molar refractivity (Wildman–Crippen MR) is 76.7 cm³/mol. The fourth-order valence-corrected chi connectivity index (χ4v) is 1.52. The van der Waals surface area contributed by atoms with Gasteiger partial charge in [0.1, 0.15) is 0 Å². The van der Waals surface area contributed by atoms with Crippen molar-refractivity contribution in [1.82, 2.24) is 9.97 Å². The lowest BCUT2D eigenvalue weighted by Gasteiger charge is -2.02. The molecule has 2 rings (SSSR count). The summed E-state index contributed by atoms with van der Waals surface area (Å²) in [5.41, 5.74) is 6.05. The molecular weight excluding hydrogens is 240 g/mol. The van der Waals surface area contributed by atoms with E-state index in [0.717, 1.165) is 5.56 Å². The molecule has 0 saturated carbocycles. The topological polar surface area (TPSA) is 70.1 Å². The van der Waals surface area contributed by atoms with Crippen LogP contribution in [0.5, 0.6) is 0 Å². The van der Waals surface area contributed by atoms with Gasteiger partial charge < -0.3 is 0 Å². The summed E-state index contributed by atoms with van der Waals surface area (Å²) in [5, 5.41) is 4.05. The van der Waals surface area contributed by atoms with Gasteiger partial charge in [-0.2, -0.15) is 5.10 Å². The first-order chi connectivity index (χ1) is 9.06. The van der Waals surface area contributed by atoms with Crippen LogP contribution < -0.4 is 11.0 Å². The molecule has 0 amide bonds. The van der Waals surface area contributed by atoms with Gasteiger partial charge in [-0.15, -0.1) is 0 Å². The van der Waals surface area contributed by atoms with E-state index >= 15 is 0 Å². The zero-order valence-electron chi connectivity index (χ0n) is 11.2. The third kappa shape index (κ3) is 3.28. The second-order valence-corrected chi connectivity index (χ2v) is 4.41. The van der Waals surface area contributed by atoms with Crippen LogP contribution in [0.1, 0.15) is 22.4 Å². The molecule has 0 saturated heterocycles. The molecule has 0 aliphatic rings. The number of aromatic amines is 1. The molecule has 98 valence electrons. The largest absolute Gasteiger partial charge is 0.291 e. The van der Waals surface area contributed by atoms with E-state index in [4.69, 9.17) is 0 Å². The Hall–Kier alpha value is -2.43. The summed E-state index contributed by atoms with van der Waals surface area (Å²) in [6.45, 7) is 5.56. The maximum Gasteiger partial charge on any atom is 0.255 e. The van der Waals surface area contributed by atoms with E-state index in [1.54, 1.807) is 20.1 Å². The van der Waals surface area contributed by atoms with Gasteiger partial charge in [0.15, 0.2) is 0 Å². The minimum atomic E-state index is -0.152. The normalized spacial score (nSPS) is 10.9. The van der Waals surface area contributed by atoms with Gasteiger partial charge in [-0.3, -0.25) is 9.78 Å². The molecule has 0 bridgehead atoms. The highest BCUT2D eigenvalue weighted by atomic mass is 16.1. The Morgan fingerprint density at radius 1 is 1.21 bits per heavy atom. The van der Waals surface area contributed by atoms with Crippen molar-refractivity contribution in [3.05, 3.63) is 57.0 Å². The highest BCUT2D eigenvalue weighted by Crippen LogP contribution is 2.02. The Balaban J connectivity index is 2.10. The van der Waals surface area contributed by atoms with Crippen LogP contribution in [-0.4, -0.2) is 16.2 Å². The quantitative estimate of drug-likeness (QED) is 0.653. The van der Waals surface area contributed by atoms with Crippen molar-refractivity contribution in [2.24, 2.45) is 5.10 Å². The van der Waals surface area contributed by atoms with Crippen molar-refractivity contribution in [1.29, 1.82) is 0 Å². The predicted octanol–water partition coefficient (Wildman–Crippen LogP) is 2.14. The molecule has 2 aromatic rings. The molecule has 0 aliphatic carbocycles. The van der Waals surface area contributed by atoms with Crippen molar-refractivity contribution in [3.63, 3.8) is 0 Å². The zero-order valence-corrected chi connectivity index (χ0v) is 11.2. The fraction of sp³-hybridized carbons (Fsp3) is 0.214. The van der Waals surface area contributed by atoms with Crippen LogP contribution in [0.15, 0.2) is 34.2 Å². The molecule has 0 atom stereocenters. The zero-order chi connectivity index (χ0) is 13.8. The maximum atomic E-state index is 11.5. The smallest absolute Gasteiger partial charge is 0.255 e. The Morgan fingerprint density at radius 2 is 1.89 bits per heavy atom. The Kier molecular flexibility index (Phi) is 3.75. The standard InChI is InChI=1S/C14H16N4O/c1-9-4-6-12(7-5-9)8-15-18-14-16-11(3)10(2)13(19)17-14/h4-8H,1-3H3,(H2,16,17,18,19)/b15-8-. The van der Waals surface area contributed by atoms with Gasteiger partial charge in [0.05, 0.1) is 6.21 Å². The highest BCUT2D eigenvalue weighted by molar-refractivity contribution is 5.80. The van der Waals surface area contributed by atoms with Crippen LogP contribution in [0, 0.1) is 20.8 Å². The van der Waals surface area contributed by atoms with Crippen molar-refractivity contribution in [2.75, 3.05) is 5.43 Å². The third-order valence-electron chi connectivity index (χ3n) is 2.86. The lowest BCUT2D eigenvalue weighted by atomic mass is 10.2. The number of aromatic nitrogens is 2. The molecule has 0 aliphatic heterocycles. The minimum Gasteiger partial charge on any atom is -0.291 e. The number of benzene rings is 1. The van der Waals surface area contributed by atoms with Crippen LogP contribution >= 0.6 is 0 Å². The van der Waals surface area contributed by atoms with Crippen LogP contribution in [-0.2, 0) is 0 Å². The summed E-state index contributed by atoms with van der Waals surface area (Å²) < 4.78 is 0. The molecule has 5 nitrogen and oxygen atoms in total. The number of rotatable bonds is 3. The highest BCUT2D eigenvalue weighted by Gasteiger charge is 2.01. The molecule has 19 heavy (non-hydrogen) atoms. The summed E-state index contributed by atoms with van der Waals surface area (Å²) >= 11 is 0. The van der Waals surface area contributed by atoms with E-state index in [9.17, 15) is 4.79 Å². The van der Waals surface area contributed by atoms with Crippen molar-refractivity contribution < 1.29 is 0 Å². The first-order valence-electron chi connectivity index (χ1n) is 5.99. The number of nitrogens with zero attached hydrogens (tertiary/aromatic N) is 2. The molecule has 0 spiro atoms. The molecular formula is C14H16N4O. The Bertz CT molecular complexity index is 656. The number of anilines is 1. The number of hydrazone groups is 1. The molecule has 5 heteroatoms. The molecule has 1 aromatic heterocycles. The summed E-state index contributed by atoms with van der Waals surface area (Å²) in [6, 6.07) is 7.96. The monoisotopic (exact) mass is 256 g/mol. The number of H-pyrrole nitrogens is 1. The summed E-state index contributed by atoms with van der Waals surface area (Å²) in [5.74, 6) is 0.344. The molecule has 2 N–H and O–H groups in total. The fourth-order valence-electron chi connectivity index (χ4n) is 1.52. The summed E-state index contributed by atoms with van der Waals surface area (Å²) in [7, 11) is 0. The summed E-state index contributed by atoms with van der Waals surface area (Å²) in [6.07, 6.45) is 1.68. The number of nitrogens with one attached hydrogen (secondary N) is 2. The lowest BCUT2D eigenvalue weighted by Crippen LogP contribution is -2.15. The van der Waals surface area contributed by atoms with E-state index in [2.05, 4.69) is 20.5 Å². The van der Waals surface area contributed by atoms with Gasteiger partial charge in [-0.1, -0.05) is 29.8 Å². The van der Waals surface area contributed by atoms with E-state index in [0.29, 0.717) is 17.2 Å². The maximum absolute atomic E-state index is 11.5. The second kappa shape index (κ2) is 5.48. The van der Waals surface area contributed by atoms with E-state index < -0.39 is 0 Å². The van der Waals surface area contributed by atoms with Crippen molar-refractivity contribution in [2.45, 2.75) is 20.8 Å². The van der Waals surface area contributed by atoms with Gasteiger partial charge in [0.25, 0.3) is 5.56 Å². The number of aryl methyl sites for hydroxylation is 2. The molecule has 0 fully saturated rings. The van der Waals surface area contributed by atoms with E-state index in [1.165, 1.54) is 5.56 Å². The SMILES string of the molecule is Cc1ccc(/C=N\Nc2nc(C)c(C)c(=O)[nH]2)cc1. The van der Waals surface area contributed by atoms with Gasteiger partial charge >= 0.3 is 0 Å². The molecule has 0 radical (unpaired) electrons. The number of hydrogen-bond donors (Lipinski definition) is 2. The van der Waals surface area contributed by atoms with E-state index in [-0.39, 0.29) is 5.56 Å². The summed E-state index contributed by atoms with van der Waals surface area (Å²) in [4.78, 5) is 18.4. The molecule has 0 unspecified atom stereocenters. The number of hydrogen-bond acceptors (Lipinski definition) is 4. The van der Waals surface area contributed by atoms with Gasteiger partial charge in [-0.25, -0.2) is 10.4 Å². The van der Waals surface area contributed by atoms with Gasteiger partial charge in [-0.05, 0) is 26.3 Å². The van der Waals surface area contributed by atoms with Crippen LogP contribution in [0.2, 0.25) is 0 Å². The van der Waals surface area contributed by atoms with Crippen LogP contribution in [0.25, 0.3) is 0 Å².